The second-order valence-electron chi connectivity index (χ2n) is 8.66. The van der Waals surface area contributed by atoms with Gasteiger partial charge in [-0.05, 0) is 42.9 Å². The van der Waals surface area contributed by atoms with Crippen LogP contribution in [0.25, 0.3) is 11.0 Å². The zero-order chi connectivity index (χ0) is 24.9. The van der Waals surface area contributed by atoms with Gasteiger partial charge in [0.1, 0.15) is 42.3 Å². The van der Waals surface area contributed by atoms with Crippen LogP contribution in [-0.4, -0.2) is 76.3 Å². The molecule has 0 unspecified atom stereocenters. The van der Waals surface area contributed by atoms with Crippen LogP contribution in [-0.2, 0) is 6.61 Å². The topological polar surface area (TPSA) is 91.4 Å². The van der Waals surface area contributed by atoms with Crippen molar-refractivity contribution in [3.8, 4) is 11.6 Å². The van der Waals surface area contributed by atoms with Crippen molar-refractivity contribution < 1.29 is 13.9 Å². The van der Waals surface area contributed by atoms with E-state index in [2.05, 4.69) is 42.3 Å². The fraction of sp³-hybridized carbons (Fsp3) is 0.320. The van der Waals surface area contributed by atoms with E-state index in [9.17, 15) is 4.39 Å². The van der Waals surface area contributed by atoms with Crippen molar-refractivity contribution in [1.29, 1.82) is 0 Å². The van der Waals surface area contributed by atoms with Crippen molar-refractivity contribution in [2.24, 2.45) is 0 Å². The minimum absolute atomic E-state index is 0.209. The van der Waals surface area contributed by atoms with Crippen LogP contribution < -0.4 is 14.8 Å². The number of ether oxygens (including phenoxy) is 2. The minimum atomic E-state index is -0.306. The van der Waals surface area contributed by atoms with Gasteiger partial charge in [0.15, 0.2) is 5.65 Å². The van der Waals surface area contributed by atoms with E-state index < -0.39 is 0 Å². The number of hydrogen-bond acceptors (Lipinski definition) is 8. The molecule has 0 atom stereocenters. The van der Waals surface area contributed by atoms with Gasteiger partial charge in [-0.1, -0.05) is 23.7 Å². The lowest BCUT2D eigenvalue weighted by Crippen LogP contribution is -2.45. The summed E-state index contributed by atoms with van der Waals surface area (Å²) < 4.78 is 25.2. The number of halogens is 2. The number of aromatic amines is 1. The highest BCUT2D eigenvalue weighted by Crippen LogP contribution is 2.33. The van der Waals surface area contributed by atoms with Gasteiger partial charge in [-0.25, -0.2) is 14.4 Å². The van der Waals surface area contributed by atoms with E-state index in [4.69, 9.17) is 21.1 Å². The lowest BCUT2D eigenvalue weighted by molar-refractivity contribution is 0.133. The van der Waals surface area contributed by atoms with Gasteiger partial charge in [0.05, 0.1) is 5.02 Å². The average molecular weight is 512 g/mol. The number of nitrogens with one attached hydrogen (secondary N) is 2. The van der Waals surface area contributed by atoms with Crippen LogP contribution in [0.15, 0.2) is 48.8 Å². The summed E-state index contributed by atoms with van der Waals surface area (Å²) in [4.78, 5) is 13.4. The van der Waals surface area contributed by atoms with Crippen molar-refractivity contribution >= 4 is 34.1 Å². The maximum Gasteiger partial charge on any atom is 0.246 e. The fourth-order valence-corrected chi connectivity index (χ4v) is 4.23. The summed E-state index contributed by atoms with van der Waals surface area (Å²) in [5, 5.41) is 11.6. The maximum atomic E-state index is 13.4. The molecule has 11 heteroatoms. The number of nitrogens with zero attached hydrogens (tertiary/aromatic N) is 5. The Bertz CT molecular complexity index is 1330. The van der Waals surface area contributed by atoms with Gasteiger partial charge in [-0.2, -0.15) is 0 Å². The Morgan fingerprint density at radius 1 is 1.08 bits per heavy atom. The number of likely N-dealkylation sites (N-methyl/N-ethyl adjacent to an activating group) is 1. The smallest absolute Gasteiger partial charge is 0.246 e. The van der Waals surface area contributed by atoms with Crippen LogP contribution in [0.4, 0.5) is 15.9 Å². The molecule has 2 aromatic carbocycles. The molecule has 0 spiro atoms. The summed E-state index contributed by atoms with van der Waals surface area (Å²) in [7, 11) is 2.14. The first-order valence-corrected chi connectivity index (χ1v) is 12.1. The van der Waals surface area contributed by atoms with Crippen LogP contribution in [0.2, 0.25) is 5.02 Å². The van der Waals surface area contributed by atoms with Gasteiger partial charge in [0.25, 0.3) is 0 Å². The van der Waals surface area contributed by atoms with E-state index in [0.29, 0.717) is 45.8 Å². The molecule has 1 fully saturated rings. The fourth-order valence-electron chi connectivity index (χ4n) is 3.99. The van der Waals surface area contributed by atoms with Crippen molar-refractivity contribution in [1.82, 2.24) is 30.0 Å². The molecule has 0 bridgehead atoms. The predicted octanol–water partition coefficient (Wildman–Crippen LogP) is 4.09. The molecule has 0 radical (unpaired) electrons. The zero-order valence-corrected chi connectivity index (χ0v) is 20.6. The maximum absolute atomic E-state index is 13.4. The number of hydrogen-bond donors (Lipinski definition) is 2. The summed E-state index contributed by atoms with van der Waals surface area (Å²) >= 11 is 6.45. The SMILES string of the molecule is CN1CCN(CCOc2n[nH]c3ncnc(Nc4ccc(OCc5cccc(F)c5)c(Cl)c4)c23)CC1. The van der Waals surface area contributed by atoms with Gasteiger partial charge in [-0.3, -0.25) is 10.00 Å². The Kier molecular flexibility index (Phi) is 7.45. The van der Waals surface area contributed by atoms with Gasteiger partial charge < -0.3 is 19.7 Å². The summed E-state index contributed by atoms with van der Waals surface area (Å²) in [6.07, 6.45) is 1.45. The number of fused-ring (bicyclic) bond motifs is 1. The van der Waals surface area contributed by atoms with Crippen LogP contribution >= 0.6 is 11.6 Å². The number of benzene rings is 2. The molecule has 2 N–H and O–H groups in total. The Morgan fingerprint density at radius 3 is 2.75 bits per heavy atom. The molecule has 188 valence electrons. The number of H-pyrrole nitrogens is 1. The molecule has 9 nitrogen and oxygen atoms in total. The van der Waals surface area contributed by atoms with Crippen LogP contribution in [0.1, 0.15) is 5.56 Å². The molecule has 1 saturated heterocycles. The highest BCUT2D eigenvalue weighted by Gasteiger charge is 2.17. The summed E-state index contributed by atoms with van der Waals surface area (Å²) in [5.74, 6) is 1.19. The first kappa shape index (κ1) is 24.2. The highest BCUT2D eigenvalue weighted by molar-refractivity contribution is 6.32. The average Bonchev–Trinajstić information content (AvgIpc) is 3.29. The molecular weight excluding hydrogens is 485 g/mol. The number of aromatic nitrogens is 4. The monoisotopic (exact) mass is 511 g/mol. The molecule has 1 aliphatic rings. The first-order chi connectivity index (χ1) is 17.5. The second kappa shape index (κ2) is 11.1. The molecule has 3 heterocycles. The summed E-state index contributed by atoms with van der Waals surface area (Å²) in [6, 6.07) is 11.6. The Labute approximate surface area is 213 Å². The second-order valence-corrected chi connectivity index (χ2v) is 9.06. The van der Waals surface area contributed by atoms with E-state index in [1.807, 2.05) is 6.07 Å². The number of anilines is 2. The third-order valence-corrected chi connectivity index (χ3v) is 6.34. The van der Waals surface area contributed by atoms with Crippen molar-refractivity contribution in [3.63, 3.8) is 0 Å². The van der Waals surface area contributed by atoms with Crippen LogP contribution in [0.5, 0.6) is 11.6 Å². The molecule has 0 amide bonds. The molecule has 5 rings (SSSR count). The first-order valence-electron chi connectivity index (χ1n) is 11.7. The normalized spacial score (nSPS) is 14.8. The van der Waals surface area contributed by atoms with Gasteiger partial charge in [-0.15, -0.1) is 5.10 Å². The van der Waals surface area contributed by atoms with Gasteiger partial charge in [0.2, 0.25) is 5.88 Å². The Balaban J connectivity index is 1.24. The van der Waals surface area contributed by atoms with Gasteiger partial charge in [0, 0.05) is 38.4 Å². The lowest BCUT2D eigenvalue weighted by Gasteiger charge is -2.32. The van der Waals surface area contributed by atoms with Crippen molar-refractivity contribution in [3.05, 3.63) is 65.2 Å². The molecule has 0 saturated carbocycles. The van der Waals surface area contributed by atoms with Crippen LogP contribution in [0.3, 0.4) is 0 Å². The molecule has 36 heavy (non-hydrogen) atoms. The third kappa shape index (κ3) is 5.84. The molecular formula is C25H27ClFN7O2. The summed E-state index contributed by atoms with van der Waals surface area (Å²) in [6.45, 7) is 5.72. The van der Waals surface area contributed by atoms with Crippen molar-refractivity contribution in [2.75, 3.05) is 51.7 Å². The third-order valence-electron chi connectivity index (χ3n) is 6.04. The standard InChI is InChI=1S/C25H27ClFN7O2/c1-33-7-9-34(10-8-33)11-12-35-25-22-23(28-16-29-24(22)31-32-25)30-19-5-6-21(20(26)14-19)36-15-17-3-2-4-18(27)13-17/h2-6,13-14,16H,7-12,15H2,1H3,(H2,28,29,30,31,32). The number of rotatable bonds is 9. The summed E-state index contributed by atoms with van der Waals surface area (Å²) in [5.41, 5.74) is 2.00. The zero-order valence-electron chi connectivity index (χ0n) is 19.9. The minimum Gasteiger partial charge on any atom is -0.487 e. The molecule has 1 aliphatic heterocycles. The predicted molar refractivity (Wildman–Crippen MR) is 137 cm³/mol. The Morgan fingerprint density at radius 2 is 1.94 bits per heavy atom. The molecule has 4 aromatic rings. The quantitative estimate of drug-likeness (QED) is 0.347. The lowest BCUT2D eigenvalue weighted by atomic mass is 10.2. The van der Waals surface area contributed by atoms with Crippen LogP contribution in [0, 0.1) is 5.82 Å². The van der Waals surface area contributed by atoms with E-state index in [1.54, 1.807) is 24.3 Å². The van der Waals surface area contributed by atoms with E-state index in [1.165, 1.54) is 18.5 Å². The Hall–Kier alpha value is -3.47. The van der Waals surface area contributed by atoms with Crippen molar-refractivity contribution in [2.45, 2.75) is 6.61 Å². The van der Waals surface area contributed by atoms with E-state index in [0.717, 1.165) is 38.3 Å². The largest absolute Gasteiger partial charge is 0.487 e. The number of piperazine rings is 1. The molecule has 2 aromatic heterocycles. The van der Waals surface area contributed by atoms with E-state index >= 15 is 0 Å². The van der Waals surface area contributed by atoms with Gasteiger partial charge >= 0.3 is 0 Å². The van der Waals surface area contributed by atoms with E-state index in [-0.39, 0.29) is 12.4 Å². The molecule has 0 aliphatic carbocycles. The highest BCUT2D eigenvalue weighted by atomic mass is 35.5.